The van der Waals surface area contributed by atoms with Gasteiger partial charge in [0, 0.05) is 0 Å². The smallest absolute Gasteiger partial charge is 0.0691 e. The van der Waals surface area contributed by atoms with E-state index in [0.29, 0.717) is 6.54 Å². The molecule has 5 aliphatic heterocycles. The molecule has 27 heavy (non-hydrogen) atoms. The summed E-state index contributed by atoms with van der Waals surface area (Å²) in [6.07, 6.45) is 22.7. The fourth-order valence-electron chi connectivity index (χ4n) is 3.31. The summed E-state index contributed by atoms with van der Waals surface area (Å²) in [5.41, 5.74) is 14.0. The van der Waals surface area contributed by atoms with Crippen LogP contribution in [0, 0.1) is 0 Å². The van der Waals surface area contributed by atoms with Crippen LogP contribution in [0.3, 0.4) is 0 Å². The van der Waals surface area contributed by atoms with E-state index in [4.69, 9.17) is 10.7 Å². The van der Waals surface area contributed by atoms with Crippen molar-refractivity contribution in [1.82, 2.24) is 0 Å². The fourth-order valence-corrected chi connectivity index (χ4v) is 3.31. The first kappa shape index (κ1) is 15.8. The van der Waals surface area contributed by atoms with Crippen LogP contribution in [0.25, 0.3) is 0 Å². The van der Waals surface area contributed by atoms with E-state index >= 15 is 0 Å². The molecule has 0 saturated carbocycles. The van der Waals surface area contributed by atoms with Crippen LogP contribution in [0.1, 0.15) is 6.42 Å². The Labute approximate surface area is 157 Å². The summed E-state index contributed by atoms with van der Waals surface area (Å²) in [6.45, 7) is 0.581. The van der Waals surface area contributed by atoms with Gasteiger partial charge in [0.2, 0.25) is 0 Å². The van der Waals surface area contributed by atoms with Gasteiger partial charge in [0.05, 0.1) is 45.6 Å². The van der Waals surface area contributed by atoms with Gasteiger partial charge >= 0.3 is 0 Å². The van der Waals surface area contributed by atoms with Crippen molar-refractivity contribution < 1.29 is 0 Å². The van der Waals surface area contributed by atoms with E-state index in [-0.39, 0.29) is 0 Å². The summed E-state index contributed by atoms with van der Waals surface area (Å²) in [5.74, 6) is 0. The quantitative estimate of drug-likeness (QED) is 0.814. The molecule has 0 unspecified atom stereocenters. The van der Waals surface area contributed by atoms with Crippen LogP contribution in [0.15, 0.2) is 115 Å². The van der Waals surface area contributed by atoms with Gasteiger partial charge in [-0.15, -0.1) is 0 Å². The minimum atomic E-state index is 0.581. The molecular weight excluding hydrogens is 334 g/mol. The molecule has 5 nitrogen and oxygen atoms in total. The molecule has 0 aromatic heterocycles. The lowest BCUT2D eigenvalue weighted by Gasteiger charge is -2.00. The van der Waals surface area contributed by atoms with Gasteiger partial charge in [-0.3, -0.25) is 0 Å². The van der Waals surface area contributed by atoms with Crippen LogP contribution in [0.5, 0.6) is 0 Å². The Hall–Kier alpha value is -3.44. The molecule has 0 saturated heterocycles. The van der Waals surface area contributed by atoms with Crippen LogP contribution >= 0.6 is 0 Å². The monoisotopic (exact) mass is 351 g/mol. The molecule has 0 aromatic rings. The van der Waals surface area contributed by atoms with Crippen molar-refractivity contribution in [1.29, 1.82) is 0 Å². The Bertz CT molecular complexity index is 1110. The predicted octanol–water partition coefficient (Wildman–Crippen LogP) is 3.30. The lowest BCUT2D eigenvalue weighted by atomic mass is 10.1. The summed E-state index contributed by atoms with van der Waals surface area (Å²) in [6, 6.07) is 0. The third kappa shape index (κ3) is 3.20. The zero-order valence-corrected chi connectivity index (χ0v) is 14.6. The van der Waals surface area contributed by atoms with Gasteiger partial charge in [0.25, 0.3) is 0 Å². The van der Waals surface area contributed by atoms with E-state index in [1.54, 1.807) is 0 Å². The second-order valence-corrected chi connectivity index (χ2v) is 6.59. The van der Waals surface area contributed by atoms with E-state index in [2.05, 4.69) is 21.1 Å². The third-order valence-corrected chi connectivity index (χ3v) is 4.54. The minimum absolute atomic E-state index is 0.581. The Balaban J connectivity index is 1.64. The van der Waals surface area contributed by atoms with Gasteiger partial charge in [-0.25, -0.2) is 20.0 Å². The second-order valence-electron chi connectivity index (χ2n) is 6.59. The standard InChI is InChI=1S/C22H17N5/c23-8-7-14-9-21-12-19-4-3-17(25-19)10-15-1-2-16(24-15)11-18-5-6-20(26-18)13-22(14)27-21/h1-6,9-13H,7-8,23H2/b15-10?,16-11-,17-10-,18-11?,19-12?,20-13-,21-12-,22-13?. The van der Waals surface area contributed by atoms with Crippen molar-refractivity contribution >= 4 is 22.8 Å². The fraction of sp³-hybridized carbons (Fsp3) is 0.0909. The number of hydrogen-bond donors (Lipinski definition) is 1. The Kier molecular flexibility index (Phi) is 3.73. The molecule has 0 radical (unpaired) electrons. The molecule has 0 atom stereocenters. The van der Waals surface area contributed by atoms with E-state index in [1.165, 1.54) is 0 Å². The van der Waals surface area contributed by atoms with Crippen LogP contribution in [0.2, 0.25) is 0 Å². The van der Waals surface area contributed by atoms with Gasteiger partial charge in [-0.1, -0.05) is 0 Å². The molecule has 5 aliphatic rings. The maximum absolute atomic E-state index is 5.78. The normalized spacial score (nSPS) is 29.6. The molecule has 0 aromatic carbocycles. The first-order valence-electron chi connectivity index (χ1n) is 8.92. The maximum Gasteiger partial charge on any atom is 0.0691 e. The molecule has 5 heteroatoms. The van der Waals surface area contributed by atoms with Crippen LogP contribution in [-0.4, -0.2) is 29.4 Å². The number of rotatable bonds is 2. The molecule has 0 spiro atoms. The number of nitrogens with zero attached hydrogens (tertiary/aromatic N) is 4. The third-order valence-electron chi connectivity index (χ3n) is 4.54. The molecule has 8 bridgehead atoms. The molecule has 5 rings (SSSR count). The number of fused-ring (bicyclic) bond motifs is 4. The van der Waals surface area contributed by atoms with E-state index < -0.39 is 0 Å². The van der Waals surface area contributed by atoms with Gasteiger partial charge in [-0.2, -0.15) is 0 Å². The summed E-state index contributed by atoms with van der Waals surface area (Å²) < 4.78 is 0. The molecule has 0 fully saturated rings. The lowest BCUT2D eigenvalue weighted by Crippen LogP contribution is -2.05. The van der Waals surface area contributed by atoms with Gasteiger partial charge in [0.1, 0.15) is 0 Å². The van der Waals surface area contributed by atoms with Crippen molar-refractivity contribution in [2.24, 2.45) is 25.7 Å². The SMILES string of the molecule is NCCC1=C/C2=C/C3=NC(=C\C4=NC(=C\C5=NC(=C\C1=N2)/C=C5)/C=C4)/C=C3. The van der Waals surface area contributed by atoms with E-state index in [1.807, 2.05) is 60.8 Å². The number of allylic oxidation sites excluding steroid dienone is 11. The van der Waals surface area contributed by atoms with Gasteiger partial charge < -0.3 is 5.73 Å². The summed E-state index contributed by atoms with van der Waals surface area (Å²) in [4.78, 5) is 18.7. The largest absolute Gasteiger partial charge is 0.330 e. The minimum Gasteiger partial charge on any atom is -0.330 e. The maximum atomic E-state index is 5.78. The zero-order valence-electron chi connectivity index (χ0n) is 14.6. The molecule has 130 valence electrons. The van der Waals surface area contributed by atoms with Crippen molar-refractivity contribution in [2.75, 3.05) is 6.54 Å². The zero-order chi connectivity index (χ0) is 18.2. The summed E-state index contributed by atoms with van der Waals surface area (Å²) in [7, 11) is 0. The summed E-state index contributed by atoms with van der Waals surface area (Å²) in [5, 5.41) is 0. The Morgan fingerprint density at radius 1 is 0.556 bits per heavy atom. The lowest BCUT2D eigenvalue weighted by molar-refractivity contribution is 0.987. The van der Waals surface area contributed by atoms with Crippen molar-refractivity contribution in [2.45, 2.75) is 6.42 Å². The molecule has 0 aliphatic carbocycles. The molecule has 5 heterocycles. The Morgan fingerprint density at radius 3 is 1.63 bits per heavy atom. The first-order chi connectivity index (χ1) is 13.2. The highest BCUT2D eigenvalue weighted by atomic mass is 14.8. The topological polar surface area (TPSA) is 75.5 Å². The molecule has 0 amide bonds. The van der Waals surface area contributed by atoms with Crippen molar-refractivity contribution in [3.63, 3.8) is 0 Å². The van der Waals surface area contributed by atoms with Crippen LogP contribution in [-0.2, 0) is 0 Å². The highest BCUT2D eigenvalue weighted by molar-refractivity contribution is 6.16. The van der Waals surface area contributed by atoms with Crippen molar-refractivity contribution in [3.05, 3.63) is 95.2 Å². The van der Waals surface area contributed by atoms with Crippen LogP contribution in [0.4, 0.5) is 0 Å². The average molecular weight is 351 g/mol. The van der Waals surface area contributed by atoms with Gasteiger partial charge in [-0.05, 0) is 85.4 Å². The second kappa shape index (κ2) is 6.37. The van der Waals surface area contributed by atoms with Crippen LogP contribution < -0.4 is 5.73 Å². The first-order valence-corrected chi connectivity index (χ1v) is 8.92. The summed E-state index contributed by atoms with van der Waals surface area (Å²) >= 11 is 0. The number of aliphatic imine (C=N–C) groups is 4. The molecule has 2 N–H and O–H groups in total. The van der Waals surface area contributed by atoms with Crippen molar-refractivity contribution in [3.8, 4) is 0 Å². The molecular formula is C22H17N5. The number of nitrogens with two attached hydrogens (primary N) is 1. The number of hydrogen-bond acceptors (Lipinski definition) is 5. The average Bonchev–Trinajstić information content (AvgIpc) is 3.41. The Morgan fingerprint density at radius 2 is 1.07 bits per heavy atom. The highest BCUT2D eigenvalue weighted by Crippen LogP contribution is 2.24. The van der Waals surface area contributed by atoms with E-state index in [0.717, 1.165) is 57.6 Å². The van der Waals surface area contributed by atoms with Gasteiger partial charge in [0.15, 0.2) is 0 Å². The highest BCUT2D eigenvalue weighted by Gasteiger charge is 2.16. The van der Waals surface area contributed by atoms with E-state index in [9.17, 15) is 0 Å². The predicted molar refractivity (Wildman–Crippen MR) is 111 cm³/mol.